The highest BCUT2D eigenvalue weighted by Gasteiger charge is 2.32. The number of alkyl halides is 6. The molecule has 0 saturated carbocycles. The molecule has 22 heteroatoms. The molecule has 0 unspecified atom stereocenters. The van der Waals surface area contributed by atoms with Crippen molar-refractivity contribution in [3.63, 3.8) is 0 Å². The Balaban J connectivity index is 0.000000218. The van der Waals surface area contributed by atoms with Crippen molar-refractivity contribution < 1.29 is 65.9 Å². The van der Waals surface area contributed by atoms with Crippen LogP contribution >= 0.6 is 38.6 Å². The highest BCUT2D eigenvalue weighted by atomic mass is 79.9. The lowest BCUT2D eigenvalue weighted by atomic mass is 10.1. The molecule has 2 aromatic carbocycles. The number of hydrogen-bond donors (Lipinski definition) is 6. The fourth-order valence-electron chi connectivity index (χ4n) is 4.98. The molecule has 0 atom stereocenters. The maximum absolute atomic E-state index is 13.0. The van der Waals surface area contributed by atoms with Crippen molar-refractivity contribution in [3.05, 3.63) is 93.5 Å². The van der Waals surface area contributed by atoms with Crippen LogP contribution in [0.5, 0.6) is 11.5 Å². The van der Waals surface area contributed by atoms with Gasteiger partial charge in [0.2, 0.25) is 0 Å². The van der Waals surface area contributed by atoms with Crippen LogP contribution in [0.25, 0.3) is 41.1 Å². The fourth-order valence-corrected chi connectivity index (χ4v) is 7.80. The maximum Gasteiger partial charge on any atom is 0.416 e. The molecule has 0 fully saturated rings. The van der Waals surface area contributed by atoms with Gasteiger partial charge >= 0.3 is 24.3 Å². The van der Waals surface area contributed by atoms with Gasteiger partial charge in [-0.15, -0.1) is 22.7 Å². The van der Waals surface area contributed by atoms with Gasteiger partial charge in [0.05, 0.1) is 20.5 Å². The lowest BCUT2D eigenvalue weighted by Gasteiger charge is -2.07. The van der Waals surface area contributed by atoms with Crippen LogP contribution in [0.1, 0.15) is 37.8 Å². The number of aromatic hydroxyl groups is 2. The van der Waals surface area contributed by atoms with Gasteiger partial charge in [0.25, 0.3) is 11.8 Å². The Labute approximate surface area is 330 Å². The number of halogens is 7. The van der Waals surface area contributed by atoms with E-state index in [-0.39, 0.29) is 30.6 Å². The number of aliphatic carboxylic acids is 2. The number of thiophene rings is 2. The van der Waals surface area contributed by atoms with Crippen molar-refractivity contribution in [1.29, 1.82) is 5.26 Å². The van der Waals surface area contributed by atoms with Gasteiger partial charge in [0.15, 0.2) is 22.9 Å². The van der Waals surface area contributed by atoms with E-state index in [4.69, 9.17) is 10.2 Å². The zero-order valence-electron chi connectivity index (χ0n) is 27.9. The largest absolute Gasteiger partial charge is 0.504 e. The standard InChI is InChI=1S/C18H10F3N3O4S.C17H10BrF3N2O4S/c19-18(20,21)9-3-1-2-8(4-9)12-5-10-11(6-22)24-14(15(27)16(10)29-12)17(28)23-7-13(25)26;18-15-9-5-10(7-2-1-3-8(4-7)17(19,20)21)28-14(9)13(26)12(23-15)16(27)22-6-11(24)25/h1-5,27H,7H2,(H,23,28)(H,25,26);1-5,26H,6H2,(H,22,27)(H,24,25). The van der Waals surface area contributed by atoms with Crippen molar-refractivity contribution in [2.75, 3.05) is 13.1 Å². The number of carboxylic acid groups (broad SMARTS) is 2. The highest BCUT2D eigenvalue weighted by Crippen LogP contribution is 2.44. The Hall–Kier alpha value is -6.31. The van der Waals surface area contributed by atoms with Crippen molar-refractivity contribution in [2.45, 2.75) is 12.4 Å². The van der Waals surface area contributed by atoms with Gasteiger partial charge in [-0.25, -0.2) is 9.97 Å². The molecule has 0 bridgehead atoms. The number of amides is 2. The van der Waals surface area contributed by atoms with E-state index in [0.717, 1.165) is 46.9 Å². The summed E-state index contributed by atoms with van der Waals surface area (Å²) in [4.78, 5) is 53.8. The Bertz CT molecular complexity index is 2640. The fraction of sp³-hybridized carbons (Fsp3) is 0.114. The van der Waals surface area contributed by atoms with E-state index in [0.29, 0.717) is 20.7 Å². The summed E-state index contributed by atoms with van der Waals surface area (Å²) in [7, 11) is 0. The molecule has 6 rings (SSSR count). The zero-order valence-corrected chi connectivity index (χ0v) is 31.1. The average Bonchev–Trinajstić information content (AvgIpc) is 3.82. The second-order valence-corrected chi connectivity index (χ2v) is 14.2. The van der Waals surface area contributed by atoms with Crippen molar-refractivity contribution in [2.24, 2.45) is 0 Å². The third-order valence-electron chi connectivity index (χ3n) is 7.54. The molecular formula is C35H20BrF6N5O8S2. The van der Waals surface area contributed by atoms with E-state index >= 15 is 0 Å². The Morgan fingerprint density at radius 3 is 1.54 bits per heavy atom. The Morgan fingerprint density at radius 1 is 0.702 bits per heavy atom. The summed E-state index contributed by atoms with van der Waals surface area (Å²) in [6.07, 6.45) is -9.03. The molecule has 0 aliphatic carbocycles. The van der Waals surface area contributed by atoms with Crippen molar-refractivity contribution in [3.8, 4) is 38.4 Å². The van der Waals surface area contributed by atoms with Crippen LogP contribution in [0.2, 0.25) is 0 Å². The van der Waals surface area contributed by atoms with Crippen LogP contribution in [-0.4, -0.2) is 67.2 Å². The SMILES string of the molecule is N#Cc1nc(C(=O)NCC(=O)O)c(O)c2sc(-c3cccc(C(F)(F)F)c3)cc12.O=C(O)CNC(=O)c1nc(Br)c2cc(-c3cccc(C(F)(F)F)c3)sc2c1O. The van der Waals surface area contributed by atoms with Gasteiger partial charge in [-0.3, -0.25) is 19.2 Å². The number of fused-ring (bicyclic) bond motifs is 2. The normalized spacial score (nSPS) is 11.4. The van der Waals surface area contributed by atoms with Gasteiger partial charge in [-0.05, 0) is 63.5 Å². The molecule has 4 heterocycles. The number of nitrogens with one attached hydrogen (secondary N) is 2. The first-order valence-electron chi connectivity index (χ1n) is 15.4. The molecule has 2 amide bonds. The molecule has 13 nitrogen and oxygen atoms in total. The number of benzene rings is 2. The predicted octanol–water partition coefficient (Wildman–Crippen LogP) is 7.64. The first-order valence-corrected chi connectivity index (χ1v) is 17.9. The van der Waals surface area contributed by atoms with E-state index in [2.05, 4.69) is 31.2 Å². The van der Waals surface area contributed by atoms with Crippen LogP contribution in [0, 0.1) is 11.3 Å². The number of carboxylic acids is 2. The highest BCUT2D eigenvalue weighted by molar-refractivity contribution is 9.10. The van der Waals surface area contributed by atoms with Crippen LogP contribution < -0.4 is 10.6 Å². The number of nitriles is 1. The van der Waals surface area contributed by atoms with E-state index in [1.807, 2.05) is 5.32 Å². The third kappa shape index (κ3) is 9.39. The lowest BCUT2D eigenvalue weighted by Crippen LogP contribution is -2.30. The Kier molecular flexibility index (Phi) is 12.1. The van der Waals surface area contributed by atoms with Gasteiger partial charge in [0.1, 0.15) is 29.5 Å². The minimum atomic E-state index is -4.54. The van der Waals surface area contributed by atoms with Gasteiger partial charge in [0, 0.05) is 20.5 Å². The number of pyridine rings is 2. The minimum Gasteiger partial charge on any atom is -0.504 e. The molecule has 0 radical (unpaired) electrons. The number of rotatable bonds is 8. The molecule has 294 valence electrons. The number of carbonyl (C=O) groups is 4. The monoisotopic (exact) mass is 895 g/mol. The number of carbonyl (C=O) groups excluding carboxylic acids is 2. The van der Waals surface area contributed by atoms with E-state index in [1.54, 1.807) is 12.1 Å². The molecule has 0 spiro atoms. The van der Waals surface area contributed by atoms with E-state index in [1.165, 1.54) is 30.3 Å². The quantitative estimate of drug-likeness (QED) is 0.0644. The maximum atomic E-state index is 13.0. The second-order valence-electron chi connectivity index (χ2n) is 11.4. The number of nitrogens with zero attached hydrogens (tertiary/aromatic N) is 3. The zero-order chi connectivity index (χ0) is 42.0. The number of hydrogen-bond acceptors (Lipinski definition) is 11. The summed E-state index contributed by atoms with van der Waals surface area (Å²) in [5.74, 6) is -5.55. The molecule has 4 aromatic heterocycles. The van der Waals surface area contributed by atoms with Crippen LogP contribution in [-0.2, 0) is 21.9 Å². The average molecular weight is 897 g/mol. The summed E-state index contributed by atoms with van der Waals surface area (Å²) in [6, 6.07) is 14.0. The van der Waals surface area contributed by atoms with E-state index in [9.17, 15) is 61.0 Å². The molecule has 6 aromatic rings. The number of aromatic nitrogens is 2. The molecular weight excluding hydrogens is 876 g/mol. The van der Waals surface area contributed by atoms with Crippen LogP contribution in [0.3, 0.4) is 0 Å². The smallest absolute Gasteiger partial charge is 0.416 e. The minimum absolute atomic E-state index is 0.0736. The van der Waals surface area contributed by atoms with Crippen molar-refractivity contribution in [1.82, 2.24) is 20.6 Å². The summed E-state index contributed by atoms with van der Waals surface area (Å²) in [5.41, 5.74) is -2.33. The van der Waals surface area contributed by atoms with Crippen LogP contribution in [0.4, 0.5) is 26.3 Å². The summed E-state index contributed by atoms with van der Waals surface area (Å²) >= 11 is 5.03. The molecule has 0 aliphatic rings. The van der Waals surface area contributed by atoms with Crippen molar-refractivity contribution >= 4 is 82.5 Å². The third-order valence-corrected chi connectivity index (χ3v) is 10.5. The van der Waals surface area contributed by atoms with Crippen LogP contribution in [0.15, 0.2) is 65.3 Å². The van der Waals surface area contributed by atoms with Gasteiger partial charge in [-0.1, -0.05) is 24.3 Å². The first kappa shape index (κ1) is 41.8. The van der Waals surface area contributed by atoms with Gasteiger partial charge in [-0.2, -0.15) is 31.6 Å². The topological polar surface area (TPSA) is 223 Å². The lowest BCUT2D eigenvalue weighted by molar-refractivity contribution is -0.138. The molecule has 0 aliphatic heterocycles. The molecule has 0 saturated heterocycles. The predicted molar refractivity (Wildman–Crippen MR) is 196 cm³/mol. The second kappa shape index (κ2) is 16.4. The summed E-state index contributed by atoms with van der Waals surface area (Å²) in [6.45, 7) is -1.38. The summed E-state index contributed by atoms with van der Waals surface area (Å²) in [5, 5.41) is 52.1. The summed E-state index contributed by atoms with van der Waals surface area (Å²) < 4.78 is 78.2. The van der Waals surface area contributed by atoms with E-state index < -0.39 is 83.2 Å². The molecule has 57 heavy (non-hydrogen) atoms. The van der Waals surface area contributed by atoms with Gasteiger partial charge < -0.3 is 31.1 Å². The first-order chi connectivity index (χ1) is 26.7. The Morgan fingerprint density at radius 2 is 1.12 bits per heavy atom. The molecule has 6 N–H and O–H groups in total.